The molecule has 0 saturated carbocycles. The van der Waals surface area contributed by atoms with Gasteiger partial charge in [-0.2, -0.15) is 5.26 Å². The normalized spacial score (nSPS) is 9.47. The third kappa shape index (κ3) is 2.14. The molecule has 0 amide bonds. The van der Waals surface area contributed by atoms with Crippen molar-refractivity contribution < 1.29 is 14.6 Å². The van der Waals surface area contributed by atoms with Crippen LogP contribution < -0.4 is 0 Å². The van der Waals surface area contributed by atoms with Crippen LogP contribution >= 0.6 is 0 Å². The summed E-state index contributed by atoms with van der Waals surface area (Å²) in [4.78, 5) is 11.3. The Morgan fingerprint density at radius 3 is 2.73 bits per heavy atom. The molecule has 0 spiro atoms. The van der Waals surface area contributed by atoms with Gasteiger partial charge in [0.25, 0.3) is 0 Å². The number of carbonyl (C=O) groups is 1. The molecule has 0 aliphatic heterocycles. The highest BCUT2D eigenvalue weighted by atomic mass is 16.5. The average molecular weight is 205 g/mol. The van der Waals surface area contributed by atoms with E-state index in [1.165, 1.54) is 13.2 Å². The number of aliphatic hydroxyl groups excluding tert-OH is 1. The lowest BCUT2D eigenvalue weighted by molar-refractivity contribution is 0.0600. The zero-order valence-corrected chi connectivity index (χ0v) is 8.57. The Kier molecular flexibility index (Phi) is 3.42. The molecule has 0 unspecified atom stereocenters. The second-order valence-corrected chi connectivity index (χ2v) is 3.09. The summed E-state index contributed by atoms with van der Waals surface area (Å²) in [6.07, 6.45) is 0. The number of carbonyl (C=O) groups excluding carboxylic acids is 1. The molecule has 78 valence electrons. The predicted octanol–water partition coefficient (Wildman–Crippen LogP) is 1.15. The Morgan fingerprint density at radius 2 is 2.27 bits per heavy atom. The first-order chi connectivity index (χ1) is 7.13. The molecule has 1 aromatic rings. The van der Waals surface area contributed by atoms with E-state index < -0.39 is 5.97 Å². The molecule has 0 aliphatic rings. The molecule has 15 heavy (non-hydrogen) atoms. The van der Waals surface area contributed by atoms with Crippen LogP contribution in [-0.4, -0.2) is 18.2 Å². The summed E-state index contributed by atoms with van der Waals surface area (Å²) < 4.78 is 4.58. The number of nitrogens with zero attached hydrogens (tertiary/aromatic N) is 1. The van der Waals surface area contributed by atoms with Crippen molar-refractivity contribution in [1.82, 2.24) is 0 Å². The van der Waals surface area contributed by atoms with Crippen molar-refractivity contribution in [2.75, 3.05) is 7.11 Å². The zero-order valence-electron chi connectivity index (χ0n) is 8.57. The van der Waals surface area contributed by atoms with Gasteiger partial charge in [0, 0.05) is 0 Å². The van der Waals surface area contributed by atoms with Crippen LogP contribution in [0, 0.1) is 18.3 Å². The van der Waals surface area contributed by atoms with Gasteiger partial charge in [-0.25, -0.2) is 4.79 Å². The average Bonchev–Trinajstić information content (AvgIpc) is 2.27. The Hall–Kier alpha value is -1.86. The van der Waals surface area contributed by atoms with Crippen molar-refractivity contribution in [3.05, 3.63) is 34.4 Å². The van der Waals surface area contributed by atoms with Crippen LogP contribution in [0.5, 0.6) is 0 Å². The van der Waals surface area contributed by atoms with Gasteiger partial charge in [0.1, 0.15) is 0 Å². The number of aliphatic hydroxyl groups is 1. The molecule has 0 heterocycles. The van der Waals surface area contributed by atoms with Gasteiger partial charge in [0.05, 0.1) is 30.9 Å². The molecule has 0 fully saturated rings. The smallest absolute Gasteiger partial charge is 0.338 e. The van der Waals surface area contributed by atoms with Crippen molar-refractivity contribution in [2.24, 2.45) is 0 Å². The van der Waals surface area contributed by atoms with Crippen LogP contribution in [0.15, 0.2) is 12.1 Å². The van der Waals surface area contributed by atoms with Gasteiger partial charge in [-0.1, -0.05) is 6.07 Å². The molecule has 0 aromatic heterocycles. The van der Waals surface area contributed by atoms with Crippen LogP contribution in [0.2, 0.25) is 0 Å². The highest BCUT2D eigenvalue weighted by Gasteiger charge is 2.12. The largest absolute Gasteiger partial charge is 0.465 e. The van der Waals surface area contributed by atoms with Crippen molar-refractivity contribution >= 4 is 5.97 Å². The predicted molar refractivity (Wildman–Crippen MR) is 53.2 cm³/mol. The molecule has 0 atom stereocenters. The number of nitriles is 1. The van der Waals surface area contributed by atoms with Crippen LogP contribution in [0.25, 0.3) is 0 Å². The number of ether oxygens (including phenoxy) is 1. The number of aryl methyl sites for hydroxylation is 1. The summed E-state index contributed by atoms with van der Waals surface area (Å²) in [6.45, 7) is 1.51. The molecule has 1 rings (SSSR count). The quantitative estimate of drug-likeness (QED) is 0.735. The van der Waals surface area contributed by atoms with Crippen molar-refractivity contribution in [3.63, 3.8) is 0 Å². The van der Waals surface area contributed by atoms with Crippen LogP contribution in [0.1, 0.15) is 27.0 Å². The lowest BCUT2D eigenvalue weighted by atomic mass is 10.0. The number of hydrogen-bond acceptors (Lipinski definition) is 4. The summed E-state index contributed by atoms with van der Waals surface area (Å²) in [7, 11) is 1.29. The molecule has 0 bridgehead atoms. The molecular formula is C11H11NO3. The van der Waals surface area contributed by atoms with Gasteiger partial charge in [0.15, 0.2) is 0 Å². The van der Waals surface area contributed by atoms with Crippen molar-refractivity contribution in [2.45, 2.75) is 13.5 Å². The van der Waals surface area contributed by atoms with Gasteiger partial charge >= 0.3 is 5.97 Å². The standard InChI is InChI=1S/C11H11NO3/c1-7-3-9(6-13)8(5-12)4-10(7)11(14)15-2/h3-4,13H,6H2,1-2H3. The fourth-order valence-corrected chi connectivity index (χ4v) is 1.33. The summed E-state index contributed by atoms with van der Waals surface area (Å²) in [6, 6.07) is 4.98. The number of esters is 1. The Bertz CT molecular complexity index is 432. The van der Waals surface area contributed by atoms with E-state index in [-0.39, 0.29) is 6.61 Å². The minimum absolute atomic E-state index is 0.217. The molecule has 1 aromatic carbocycles. The first-order valence-corrected chi connectivity index (χ1v) is 4.36. The SMILES string of the molecule is COC(=O)c1cc(C#N)c(CO)cc1C. The second kappa shape index (κ2) is 4.58. The summed E-state index contributed by atoms with van der Waals surface area (Å²) >= 11 is 0. The number of hydrogen-bond donors (Lipinski definition) is 1. The number of benzene rings is 1. The first kappa shape index (κ1) is 11.2. The van der Waals surface area contributed by atoms with Gasteiger partial charge in [-0.3, -0.25) is 0 Å². The lowest BCUT2D eigenvalue weighted by Gasteiger charge is -2.07. The highest BCUT2D eigenvalue weighted by Crippen LogP contribution is 2.17. The Balaban J connectivity index is 3.33. The molecule has 0 aliphatic carbocycles. The minimum atomic E-state index is -0.478. The van der Waals surface area contributed by atoms with E-state index in [0.717, 1.165) is 0 Å². The van der Waals surface area contributed by atoms with E-state index in [0.29, 0.717) is 22.3 Å². The summed E-state index contributed by atoms with van der Waals surface area (Å²) in [5.41, 5.74) is 1.85. The summed E-state index contributed by atoms with van der Waals surface area (Å²) in [5, 5.41) is 17.8. The maximum Gasteiger partial charge on any atom is 0.338 e. The highest BCUT2D eigenvalue weighted by molar-refractivity contribution is 5.91. The zero-order chi connectivity index (χ0) is 11.4. The van der Waals surface area contributed by atoms with E-state index >= 15 is 0 Å². The second-order valence-electron chi connectivity index (χ2n) is 3.09. The minimum Gasteiger partial charge on any atom is -0.465 e. The first-order valence-electron chi connectivity index (χ1n) is 4.36. The van der Waals surface area contributed by atoms with E-state index in [2.05, 4.69) is 4.74 Å². The number of rotatable bonds is 2. The van der Waals surface area contributed by atoms with Gasteiger partial charge in [-0.05, 0) is 24.1 Å². The van der Waals surface area contributed by atoms with E-state index in [1.54, 1.807) is 13.0 Å². The van der Waals surface area contributed by atoms with Crippen molar-refractivity contribution in [3.8, 4) is 6.07 Å². The van der Waals surface area contributed by atoms with E-state index in [1.807, 2.05) is 6.07 Å². The Morgan fingerprint density at radius 1 is 1.60 bits per heavy atom. The maximum atomic E-state index is 11.3. The third-order valence-corrected chi connectivity index (χ3v) is 2.15. The number of methoxy groups -OCH3 is 1. The summed E-state index contributed by atoms with van der Waals surface area (Å²) in [5.74, 6) is -0.478. The maximum absolute atomic E-state index is 11.3. The molecule has 0 radical (unpaired) electrons. The van der Waals surface area contributed by atoms with Crippen LogP contribution in [0.4, 0.5) is 0 Å². The van der Waals surface area contributed by atoms with Crippen molar-refractivity contribution in [1.29, 1.82) is 5.26 Å². The molecule has 4 heteroatoms. The van der Waals surface area contributed by atoms with Gasteiger partial charge in [-0.15, -0.1) is 0 Å². The van der Waals surface area contributed by atoms with E-state index in [9.17, 15) is 4.79 Å². The fourth-order valence-electron chi connectivity index (χ4n) is 1.33. The fraction of sp³-hybridized carbons (Fsp3) is 0.273. The third-order valence-electron chi connectivity index (χ3n) is 2.15. The topological polar surface area (TPSA) is 70.3 Å². The van der Waals surface area contributed by atoms with Gasteiger partial charge in [0.2, 0.25) is 0 Å². The monoisotopic (exact) mass is 205 g/mol. The molecule has 4 nitrogen and oxygen atoms in total. The lowest BCUT2D eigenvalue weighted by Crippen LogP contribution is -2.06. The van der Waals surface area contributed by atoms with E-state index in [4.69, 9.17) is 10.4 Å². The van der Waals surface area contributed by atoms with Crippen LogP contribution in [0.3, 0.4) is 0 Å². The molecule has 1 N–H and O–H groups in total. The van der Waals surface area contributed by atoms with Crippen LogP contribution in [-0.2, 0) is 11.3 Å². The van der Waals surface area contributed by atoms with Gasteiger partial charge < -0.3 is 9.84 Å². The molecule has 0 saturated heterocycles. The Labute approximate surface area is 87.7 Å². The molecular weight excluding hydrogens is 194 g/mol.